The van der Waals surface area contributed by atoms with Crippen LogP contribution in [0.3, 0.4) is 0 Å². The molecule has 1 heterocycles. The topological polar surface area (TPSA) is 37.4 Å². The third-order valence-electron chi connectivity index (χ3n) is 4.07. The molecule has 0 spiro atoms. The highest BCUT2D eigenvalue weighted by Gasteiger charge is 2.42. The van der Waals surface area contributed by atoms with Gasteiger partial charge in [0.1, 0.15) is 0 Å². The summed E-state index contributed by atoms with van der Waals surface area (Å²) in [5.41, 5.74) is 0.700. The molecule has 1 aromatic rings. The maximum atomic E-state index is 12.6. The van der Waals surface area contributed by atoms with Crippen LogP contribution < -0.4 is 0 Å². The molecule has 1 saturated carbocycles. The maximum Gasteiger partial charge on any atom is 0.218 e. The van der Waals surface area contributed by atoms with Gasteiger partial charge in [0.2, 0.25) is 10.0 Å². The molecule has 19 heavy (non-hydrogen) atoms. The van der Waals surface area contributed by atoms with Gasteiger partial charge in [-0.2, -0.15) is 4.31 Å². The third-order valence-corrected chi connectivity index (χ3v) is 6.28. The van der Waals surface area contributed by atoms with Crippen molar-refractivity contribution in [3.8, 4) is 0 Å². The molecule has 3 nitrogen and oxygen atoms in total. The van der Waals surface area contributed by atoms with Gasteiger partial charge in [0.15, 0.2) is 0 Å². The van der Waals surface area contributed by atoms with Crippen LogP contribution in [0.1, 0.15) is 31.2 Å². The van der Waals surface area contributed by atoms with Crippen molar-refractivity contribution in [1.82, 2.24) is 4.31 Å². The van der Waals surface area contributed by atoms with Crippen molar-refractivity contribution >= 4 is 21.6 Å². The van der Waals surface area contributed by atoms with Crippen LogP contribution in [-0.4, -0.2) is 25.3 Å². The molecule has 1 atom stereocenters. The zero-order valence-corrected chi connectivity index (χ0v) is 12.3. The fourth-order valence-corrected chi connectivity index (χ4v) is 5.15. The first kappa shape index (κ1) is 13.4. The largest absolute Gasteiger partial charge is 0.218 e. The van der Waals surface area contributed by atoms with Crippen molar-refractivity contribution in [3.05, 3.63) is 34.9 Å². The van der Waals surface area contributed by atoms with Crippen LogP contribution in [0, 0.1) is 5.92 Å². The Morgan fingerprint density at radius 3 is 2.63 bits per heavy atom. The quantitative estimate of drug-likeness (QED) is 0.857. The Balaban J connectivity index is 1.80. The summed E-state index contributed by atoms with van der Waals surface area (Å²) in [4.78, 5) is 0. The monoisotopic (exact) mass is 299 g/mol. The van der Waals surface area contributed by atoms with E-state index in [9.17, 15) is 8.42 Å². The van der Waals surface area contributed by atoms with Gasteiger partial charge in [0.05, 0.1) is 5.75 Å². The average molecular weight is 300 g/mol. The van der Waals surface area contributed by atoms with E-state index in [2.05, 4.69) is 0 Å². The first-order valence-electron chi connectivity index (χ1n) is 6.81. The first-order valence-corrected chi connectivity index (χ1v) is 8.79. The van der Waals surface area contributed by atoms with E-state index in [0.29, 0.717) is 23.0 Å². The number of sulfonamides is 1. The minimum atomic E-state index is -3.24. The Labute approximate surface area is 119 Å². The SMILES string of the molecule is O=S(=O)(Cc1ccccc1Cl)N1CCCC1C1CC1. The molecule has 0 aromatic heterocycles. The highest BCUT2D eigenvalue weighted by atomic mass is 35.5. The maximum absolute atomic E-state index is 12.6. The van der Waals surface area contributed by atoms with Crippen LogP contribution in [0.25, 0.3) is 0 Å². The van der Waals surface area contributed by atoms with E-state index >= 15 is 0 Å². The van der Waals surface area contributed by atoms with Gasteiger partial charge in [-0.1, -0.05) is 29.8 Å². The lowest BCUT2D eigenvalue weighted by Crippen LogP contribution is -2.37. The fraction of sp³-hybridized carbons (Fsp3) is 0.571. The lowest BCUT2D eigenvalue weighted by atomic mass is 10.1. The molecule has 1 aromatic carbocycles. The molecule has 104 valence electrons. The number of hydrogen-bond acceptors (Lipinski definition) is 2. The third kappa shape index (κ3) is 2.81. The van der Waals surface area contributed by atoms with E-state index in [-0.39, 0.29) is 11.8 Å². The second-order valence-corrected chi connectivity index (χ2v) is 7.83. The molecular weight excluding hydrogens is 282 g/mol. The van der Waals surface area contributed by atoms with Crippen LogP contribution in [0.5, 0.6) is 0 Å². The molecule has 0 amide bonds. The molecule has 2 aliphatic rings. The van der Waals surface area contributed by atoms with Gasteiger partial charge in [-0.05, 0) is 43.2 Å². The van der Waals surface area contributed by atoms with Gasteiger partial charge in [-0.15, -0.1) is 0 Å². The number of benzene rings is 1. The molecule has 1 aliphatic heterocycles. The summed E-state index contributed by atoms with van der Waals surface area (Å²) >= 11 is 6.07. The van der Waals surface area contributed by atoms with Gasteiger partial charge in [-0.3, -0.25) is 0 Å². The average Bonchev–Trinajstić information content (AvgIpc) is 3.09. The Hall–Kier alpha value is -0.580. The van der Waals surface area contributed by atoms with E-state index in [1.807, 2.05) is 12.1 Å². The molecule has 0 N–H and O–H groups in total. The van der Waals surface area contributed by atoms with Crippen LogP contribution >= 0.6 is 11.6 Å². The summed E-state index contributed by atoms with van der Waals surface area (Å²) in [5.74, 6) is 0.624. The highest BCUT2D eigenvalue weighted by Crippen LogP contribution is 2.41. The predicted octanol–water partition coefficient (Wildman–Crippen LogP) is 3.04. The molecule has 0 radical (unpaired) electrons. The smallest absolute Gasteiger partial charge is 0.212 e. The lowest BCUT2D eigenvalue weighted by Gasteiger charge is -2.24. The van der Waals surface area contributed by atoms with Crippen LogP contribution in [0.15, 0.2) is 24.3 Å². The van der Waals surface area contributed by atoms with Gasteiger partial charge in [0.25, 0.3) is 0 Å². The summed E-state index contributed by atoms with van der Waals surface area (Å²) in [6, 6.07) is 7.43. The van der Waals surface area contributed by atoms with Crippen LogP contribution in [-0.2, 0) is 15.8 Å². The van der Waals surface area contributed by atoms with E-state index in [4.69, 9.17) is 11.6 Å². The molecule has 0 bridgehead atoms. The van der Waals surface area contributed by atoms with Crippen molar-refractivity contribution < 1.29 is 8.42 Å². The van der Waals surface area contributed by atoms with Crippen LogP contribution in [0.4, 0.5) is 0 Å². The van der Waals surface area contributed by atoms with Crippen molar-refractivity contribution in [2.24, 2.45) is 5.92 Å². The van der Waals surface area contributed by atoms with Crippen molar-refractivity contribution in [2.45, 2.75) is 37.5 Å². The summed E-state index contributed by atoms with van der Waals surface area (Å²) in [7, 11) is -3.24. The molecule has 1 unspecified atom stereocenters. The van der Waals surface area contributed by atoms with Gasteiger partial charge in [0, 0.05) is 17.6 Å². The summed E-state index contributed by atoms with van der Waals surface area (Å²) in [6.45, 7) is 0.675. The van der Waals surface area contributed by atoms with Crippen molar-refractivity contribution in [2.75, 3.05) is 6.54 Å². The second kappa shape index (κ2) is 5.08. The van der Waals surface area contributed by atoms with Crippen molar-refractivity contribution in [3.63, 3.8) is 0 Å². The molecule has 1 saturated heterocycles. The van der Waals surface area contributed by atoms with E-state index in [0.717, 1.165) is 12.8 Å². The van der Waals surface area contributed by atoms with Gasteiger partial charge in [-0.25, -0.2) is 8.42 Å². The molecule has 5 heteroatoms. The number of nitrogens with zero attached hydrogens (tertiary/aromatic N) is 1. The zero-order valence-electron chi connectivity index (χ0n) is 10.8. The first-order chi connectivity index (χ1) is 9.08. The molecular formula is C14H18ClNO2S. The second-order valence-electron chi connectivity index (χ2n) is 5.51. The summed E-state index contributed by atoms with van der Waals surface area (Å²) in [5, 5.41) is 0.535. The van der Waals surface area contributed by atoms with E-state index in [1.165, 1.54) is 12.8 Å². The zero-order chi connectivity index (χ0) is 13.5. The van der Waals surface area contributed by atoms with Crippen molar-refractivity contribution in [1.29, 1.82) is 0 Å². The van der Waals surface area contributed by atoms with Gasteiger partial charge >= 0.3 is 0 Å². The molecule has 1 aliphatic carbocycles. The number of hydrogen-bond donors (Lipinski definition) is 0. The standard InChI is InChI=1S/C14H18ClNO2S/c15-13-5-2-1-4-12(13)10-19(17,18)16-9-3-6-14(16)11-7-8-11/h1-2,4-5,11,14H,3,6-10H2. The Morgan fingerprint density at radius 2 is 1.95 bits per heavy atom. The molecule has 2 fully saturated rings. The Kier molecular flexibility index (Phi) is 3.58. The predicted molar refractivity (Wildman–Crippen MR) is 76.5 cm³/mol. The summed E-state index contributed by atoms with van der Waals surface area (Å²) < 4.78 is 26.9. The normalized spacial score (nSPS) is 24.8. The number of rotatable bonds is 4. The Bertz CT molecular complexity index is 569. The van der Waals surface area contributed by atoms with Gasteiger partial charge < -0.3 is 0 Å². The number of halogens is 1. The van der Waals surface area contributed by atoms with E-state index < -0.39 is 10.0 Å². The lowest BCUT2D eigenvalue weighted by molar-refractivity contribution is 0.356. The minimum absolute atomic E-state index is 0.0237. The van der Waals surface area contributed by atoms with E-state index in [1.54, 1.807) is 16.4 Å². The Morgan fingerprint density at radius 1 is 1.21 bits per heavy atom. The minimum Gasteiger partial charge on any atom is -0.212 e. The summed E-state index contributed by atoms with van der Waals surface area (Å²) in [6.07, 6.45) is 4.38. The highest BCUT2D eigenvalue weighted by molar-refractivity contribution is 7.88. The fourth-order valence-electron chi connectivity index (χ4n) is 2.96. The van der Waals surface area contributed by atoms with Crippen LogP contribution in [0.2, 0.25) is 5.02 Å². The molecule has 3 rings (SSSR count).